The van der Waals surface area contributed by atoms with Crippen LogP contribution in [0.2, 0.25) is 0 Å². The third kappa shape index (κ3) is 1.41. The zero-order valence-electron chi connectivity index (χ0n) is 7.32. The number of hydrogen-bond acceptors (Lipinski definition) is 2. The number of aliphatic hydroxyl groups is 1. The predicted molar refractivity (Wildman–Crippen MR) is 48.5 cm³/mol. The molecule has 0 amide bonds. The van der Waals surface area contributed by atoms with Crippen molar-refractivity contribution in [2.75, 3.05) is 6.61 Å². The minimum absolute atomic E-state index is 0.00255. The van der Waals surface area contributed by atoms with Crippen molar-refractivity contribution in [2.45, 2.75) is 25.3 Å². The maximum Gasteiger partial charge on any atom is 0.0582 e. The summed E-state index contributed by atoms with van der Waals surface area (Å²) in [5.74, 6) is 2.35. The molecule has 0 heterocycles. The van der Waals surface area contributed by atoms with Gasteiger partial charge in [0.25, 0.3) is 0 Å². The Balaban J connectivity index is 1.87. The number of hydrogen-bond donors (Lipinski definition) is 2. The minimum atomic E-state index is 0.00255. The van der Waals surface area contributed by atoms with Gasteiger partial charge < -0.3 is 10.8 Å². The molecule has 0 aromatic carbocycles. The molecular weight excluding hydrogens is 150 g/mol. The maximum absolute atomic E-state index is 8.82. The lowest BCUT2D eigenvalue weighted by Gasteiger charge is -2.20. The van der Waals surface area contributed by atoms with E-state index in [9.17, 15) is 0 Å². The van der Waals surface area contributed by atoms with Crippen molar-refractivity contribution in [3.05, 3.63) is 12.2 Å². The quantitative estimate of drug-likeness (QED) is 0.614. The molecule has 1 saturated carbocycles. The molecule has 0 radical (unpaired) electrons. The highest BCUT2D eigenvalue weighted by Crippen LogP contribution is 2.45. The second-order valence-electron chi connectivity index (χ2n) is 4.22. The molecule has 2 aliphatic rings. The Morgan fingerprint density at radius 2 is 2.25 bits per heavy atom. The van der Waals surface area contributed by atoms with Crippen molar-refractivity contribution in [3.63, 3.8) is 0 Å². The van der Waals surface area contributed by atoms with Crippen molar-refractivity contribution in [1.29, 1.82) is 0 Å². The first-order valence-corrected chi connectivity index (χ1v) is 4.84. The molecule has 0 spiro atoms. The highest BCUT2D eigenvalue weighted by atomic mass is 16.3. The Kier molecular flexibility index (Phi) is 2.20. The number of aliphatic hydroxyl groups excluding tert-OH is 1. The highest BCUT2D eigenvalue weighted by molar-refractivity contribution is 5.10. The molecule has 2 rings (SSSR count). The van der Waals surface area contributed by atoms with E-state index in [4.69, 9.17) is 10.8 Å². The van der Waals surface area contributed by atoms with Crippen molar-refractivity contribution in [1.82, 2.24) is 0 Å². The van der Waals surface area contributed by atoms with Crippen LogP contribution in [-0.4, -0.2) is 17.8 Å². The smallest absolute Gasteiger partial charge is 0.0582 e. The van der Waals surface area contributed by atoms with Gasteiger partial charge >= 0.3 is 0 Å². The van der Waals surface area contributed by atoms with Crippen LogP contribution in [0.25, 0.3) is 0 Å². The van der Waals surface area contributed by atoms with Crippen LogP contribution in [0.15, 0.2) is 12.2 Å². The van der Waals surface area contributed by atoms with E-state index in [1.807, 2.05) is 0 Å². The molecule has 0 saturated heterocycles. The van der Waals surface area contributed by atoms with Gasteiger partial charge in [-0.2, -0.15) is 0 Å². The minimum Gasteiger partial charge on any atom is -0.395 e. The molecule has 4 unspecified atom stereocenters. The lowest BCUT2D eigenvalue weighted by atomic mass is 9.88. The first-order valence-electron chi connectivity index (χ1n) is 4.84. The molecule has 68 valence electrons. The summed E-state index contributed by atoms with van der Waals surface area (Å²) in [6, 6.07) is 0.00255. The van der Waals surface area contributed by atoms with Gasteiger partial charge in [0.15, 0.2) is 0 Å². The molecule has 0 aromatic heterocycles. The summed E-state index contributed by atoms with van der Waals surface area (Å²) in [5.41, 5.74) is 5.71. The van der Waals surface area contributed by atoms with E-state index in [0.29, 0.717) is 0 Å². The Morgan fingerprint density at radius 3 is 2.75 bits per heavy atom. The fourth-order valence-electron chi connectivity index (χ4n) is 2.63. The van der Waals surface area contributed by atoms with Crippen LogP contribution >= 0.6 is 0 Å². The summed E-state index contributed by atoms with van der Waals surface area (Å²) < 4.78 is 0. The van der Waals surface area contributed by atoms with E-state index in [0.717, 1.165) is 24.2 Å². The summed E-state index contributed by atoms with van der Waals surface area (Å²) in [6.07, 6.45) is 8.31. The average molecular weight is 167 g/mol. The van der Waals surface area contributed by atoms with Crippen LogP contribution in [0.5, 0.6) is 0 Å². The Hall–Kier alpha value is -0.340. The van der Waals surface area contributed by atoms with Gasteiger partial charge in [-0.3, -0.25) is 0 Å². The van der Waals surface area contributed by atoms with Crippen LogP contribution in [0.4, 0.5) is 0 Å². The molecule has 2 bridgehead atoms. The van der Waals surface area contributed by atoms with Crippen molar-refractivity contribution >= 4 is 0 Å². The normalized spacial score (nSPS) is 40.7. The van der Waals surface area contributed by atoms with Crippen LogP contribution in [0, 0.1) is 17.8 Å². The molecule has 4 atom stereocenters. The summed E-state index contributed by atoms with van der Waals surface area (Å²) in [5, 5.41) is 8.82. The SMILES string of the molecule is NC(CO)CC1CC2C=CC1C2. The van der Waals surface area contributed by atoms with Crippen LogP contribution in [0.3, 0.4) is 0 Å². The molecular formula is C10H17NO. The van der Waals surface area contributed by atoms with Gasteiger partial charge in [-0.15, -0.1) is 0 Å². The monoisotopic (exact) mass is 167 g/mol. The largest absolute Gasteiger partial charge is 0.395 e. The van der Waals surface area contributed by atoms with Crippen molar-refractivity contribution in [3.8, 4) is 0 Å². The molecule has 2 nitrogen and oxygen atoms in total. The van der Waals surface area contributed by atoms with Gasteiger partial charge in [-0.05, 0) is 37.0 Å². The lowest BCUT2D eigenvalue weighted by molar-refractivity contribution is 0.237. The third-order valence-electron chi connectivity index (χ3n) is 3.26. The standard InChI is InChI=1S/C10H17NO/c11-10(6-12)5-9-4-7-1-2-8(9)3-7/h1-2,7-10,12H,3-6,11H2. The maximum atomic E-state index is 8.82. The van der Waals surface area contributed by atoms with Gasteiger partial charge in [0.05, 0.1) is 6.61 Å². The first kappa shape index (κ1) is 8.27. The van der Waals surface area contributed by atoms with E-state index < -0.39 is 0 Å². The summed E-state index contributed by atoms with van der Waals surface area (Å²) in [6.45, 7) is 0.137. The topological polar surface area (TPSA) is 46.2 Å². The molecule has 0 aliphatic heterocycles. The van der Waals surface area contributed by atoms with Gasteiger partial charge in [0.1, 0.15) is 0 Å². The Bertz CT molecular complexity index is 190. The van der Waals surface area contributed by atoms with Crippen molar-refractivity contribution in [2.24, 2.45) is 23.5 Å². The first-order chi connectivity index (χ1) is 5.79. The Labute approximate surface area is 73.5 Å². The molecule has 2 aliphatic carbocycles. The van der Waals surface area contributed by atoms with Crippen LogP contribution in [0.1, 0.15) is 19.3 Å². The zero-order valence-corrected chi connectivity index (χ0v) is 7.32. The van der Waals surface area contributed by atoms with Crippen LogP contribution < -0.4 is 5.73 Å². The average Bonchev–Trinajstić information content (AvgIpc) is 2.64. The fourth-order valence-corrected chi connectivity index (χ4v) is 2.63. The van der Waals surface area contributed by atoms with Gasteiger partial charge in [-0.25, -0.2) is 0 Å². The van der Waals surface area contributed by atoms with Crippen LogP contribution in [-0.2, 0) is 0 Å². The highest BCUT2D eigenvalue weighted by Gasteiger charge is 2.35. The van der Waals surface area contributed by atoms with E-state index in [2.05, 4.69) is 12.2 Å². The molecule has 2 heteroatoms. The van der Waals surface area contributed by atoms with E-state index in [1.165, 1.54) is 12.8 Å². The molecule has 1 fully saturated rings. The van der Waals surface area contributed by atoms with Gasteiger partial charge in [-0.1, -0.05) is 12.2 Å². The van der Waals surface area contributed by atoms with Gasteiger partial charge in [0, 0.05) is 6.04 Å². The zero-order chi connectivity index (χ0) is 8.55. The fraction of sp³-hybridized carbons (Fsp3) is 0.800. The number of fused-ring (bicyclic) bond motifs is 2. The molecule has 0 aromatic rings. The predicted octanol–water partition coefficient (Wildman–Crippen LogP) is 0.908. The number of rotatable bonds is 3. The number of allylic oxidation sites excluding steroid dienone is 2. The van der Waals surface area contributed by atoms with Gasteiger partial charge in [0.2, 0.25) is 0 Å². The molecule has 3 N–H and O–H groups in total. The second kappa shape index (κ2) is 3.19. The summed E-state index contributed by atoms with van der Waals surface area (Å²) >= 11 is 0. The third-order valence-corrected chi connectivity index (χ3v) is 3.26. The summed E-state index contributed by atoms with van der Waals surface area (Å²) in [7, 11) is 0. The summed E-state index contributed by atoms with van der Waals surface area (Å²) in [4.78, 5) is 0. The van der Waals surface area contributed by atoms with Crippen molar-refractivity contribution < 1.29 is 5.11 Å². The Morgan fingerprint density at radius 1 is 1.42 bits per heavy atom. The second-order valence-corrected chi connectivity index (χ2v) is 4.22. The number of nitrogens with two attached hydrogens (primary N) is 1. The molecule has 12 heavy (non-hydrogen) atoms. The van der Waals surface area contributed by atoms with E-state index >= 15 is 0 Å². The lowest BCUT2D eigenvalue weighted by Crippen LogP contribution is -2.28. The van der Waals surface area contributed by atoms with E-state index in [1.54, 1.807) is 0 Å². The van der Waals surface area contributed by atoms with E-state index in [-0.39, 0.29) is 12.6 Å².